The first-order valence-corrected chi connectivity index (χ1v) is 18.5. The zero-order valence-electron chi connectivity index (χ0n) is 28.4. The second kappa shape index (κ2) is 11.8. The Bertz CT molecular complexity index is 3100. The third-order valence-electron chi connectivity index (χ3n) is 10.2. The van der Waals surface area contributed by atoms with E-state index in [0.717, 1.165) is 33.6 Å². The lowest BCUT2D eigenvalue weighted by molar-refractivity contribution is 1.07. The molecule has 0 unspecified atom stereocenters. The van der Waals surface area contributed by atoms with E-state index in [1.165, 1.54) is 47.4 Å². The first-order chi connectivity index (χ1) is 26.3. The van der Waals surface area contributed by atoms with Crippen LogP contribution in [0.4, 0.5) is 0 Å². The maximum absolute atomic E-state index is 5.07. The molecule has 0 amide bonds. The van der Waals surface area contributed by atoms with Crippen LogP contribution < -0.4 is 0 Å². The summed E-state index contributed by atoms with van der Waals surface area (Å²) >= 11 is 1.85. The van der Waals surface area contributed by atoms with Crippen LogP contribution in [0.2, 0.25) is 0 Å². The van der Waals surface area contributed by atoms with E-state index in [1.54, 1.807) is 0 Å². The average Bonchev–Trinajstić information content (AvgIpc) is 3.92. The Morgan fingerprint density at radius 2 is 1.00 bits per heavy atom. The van der Waals surface area contributed by atoms with Crippen molar-refractivity contribution < 1.29 is 0 Å². The van der Waals surface area contributed by atoms with Crippen LogP contribution >= 0.6 is 11.3 Å². The number of thiophene rings is 1. The van der Waals surface area contributed by atoms with Crippen molar-refractivity contribution in [1.82, 2.24) is 24.1 Å². The van der Waals surface area contributed by atoms with Crippen LogP contribution in [-0.2, 0) is 0 Å². The number of rotatable bonds is 5. The van der Waals surface area contributed by atoms with Crippen molar-refractivity contribution in [3.63, 3.8) is 0 Å². The topological polar surface area (TPSA) is 48.5 Å². The standard InChI is InChI=1S/C47H29N5S/c1-4-13-30(14-5-1)45-48-46(31-15-6-2-7-16-31)50-47(49-45)32-17-12-20-34(27-32)52-41-29-43-39(35-21-10-11-22-42(35)53-43)28-38(41)36-23-24-40-37(44(36)52)25-26-51(40)33-18-8-3-9-19-33/h1-29H. The highest BCUT2D eigenvalue weighted by Gasteiger charge is 2.20. The molecule has 7 aromatic carbocycles. The SMILES string of the molecule is c1ccc(-c2nc(-c3ccccc3)nc(-c3cccc(-n4c5cc6sc7ccccc7c6cc5c5ccc6c(ccn6-c6ccccc6)c54)c3)n2)cc1. The van der Waals surface area contributed by atoms with Crippen LogP contribution in [0.25, 0.3) is 98.4 Å². The molecule has 0 aliphatic rings. The summed E-state index contributed by atoms with van der Waals surface area (Å²) in [6.07, 6.45) is 2.19. The number of nitrogens with zero attached hydrogens (tertiary/aromatic N) is 5. The van der Waals surface area contributed by atoms with Gasteiger partial charge >= 0.3 is 0 Å². The first-order valence-electron chi connectivity index (χ1n) is 17.7. The van der Waals surface area contributed by atoms with Crippen molar-refractivity contribution in [2.75, 3.05) is 0 Å². The van der Waals surface area contributed by atoms with Gasteiger partial charge in [-0.25, -0.2) is 15.0 Å². The van der Waals surface area contributed by atoms with E-state index >= 15 is 0 Å². The maximum Gasteiger partial charge on any atom is 0.164 e. The van der Waals surface area contributed by atoms with E-state index < -0.39 is 0 Å². The summed E-state index contributed by atoms with van der Waals surface area (Å²) in [5, 5.41) is 6.23. The zero-order valence-corrected chi connectivity index (χ0v) is 29.2. The second-order valence-corrected chi connectivity index (χ2v) is 14.4. The van der Waals surface area contributed by atoms with Crippen molar-refractivity contribution in [2.45, 2.75) is 0 Å². The summed E-state index contributed by atoms with van der Waals surface area (Å²) in [6.45, 7) is 0. The van der Waals surface area contributed by atoms with Gasteiger partial charge in [-0.15, -0.1) is 11.3 Å². The van der Waals surface area contributed by atoms with E-state index in [0.29, 0.717) is 17.5 Å². The Labute approximate surface area is 308 Å². The molecule has 6 heteroatoms. The lowest BCUT2D eigenvalue weighted by Crippen LogP contribution is -2.01. The van der Waals surface area contributed by atoms with E-state index in [4.69, 9.17) is 15.0 Å². The van der Waals surface area contributed by atoms with Crippen LogP contribution in [0.15, 0.2) is 176 Å². The van der Waals surface area contributed by atoms with Gasteiger partial charge in [-0.3, -0.25) is 0 Å². The fourth-order valence-corrected chi connectivity index (χ4v) is 8.87. The van der Waals surface area contributed by atoms with Gasteiger partial charge in [0.15, 0.2) is 17.5 Å². The monoisotopic (exact) mass is 695 g/mol. The highest BCUT2D eigenvalue weighted by molar-refractivity contribution is 7.25. The van der Waals surface area contributed by atoms with Gasteiger partial charge in [0.1, 0.15) is 0 Å². The number of aromatic nitrogens is 5. The molecule has 0 aliphatic heterocycles. The number of hydrogen-bond donors (Lipinski definition) is 0. The van der Waals surface area contributed by atoms with Crippen molar-refractivity contribution in [3.05, 3.63) is 176 Å². The molecule has 248 valence electrons. The van der Waals surface area contributed by atoms with Crippen LogP contribution in [0, 0.1) is 0 Å². The molecular weight excluding hydrogens is 667 g/mol. The average molecular weight is 696 g/mol. The molecular formula is C47H29N5S. The molecule has 0 N–H and O–H groups in total. The normalized spacial score (nSPS) is 11.8. The van der Waals surface area contributed by atoms with Crippen molar-refractivity contribution in [2.24, 2.45) is 0 Å². The van der Waals surface area contributed by atoms with Crippen LogP contribution in [0.5, 0.6) is 0 Å². The molecule has 0 atom stereocenters. The predicted molar refractivity (Wildman–Crippen MR) is 220 cm³/mol. The number of fused-ring (bicyclic) bond motifs is 8. The number of para-hydroxylation sites is 1. The van der Waals surface area contributed by atoms with E-state index in [9.17, 15) is 0 Å². The maximum atomic E-state index is 5.07. The van der Waals surface area contributed by atoms with Crippen molar-refractivity contribution in [3.8, 4) is 45.5 Å². The van der Waals surface area contributed by atoms with Gasteiger partial charge in [0.2, 0.25) is 0 Å². The van der Waals surface area contributed by atoms with Crippen LogP contribution in [-0.4, -0.2) is 24.1 Å². The van der Waals surface area contributed by atoms with E-state index in [1.807, 2.05) is 72.0 Å². The Morgan fingerprint density at radius 3 is 1.74 bits per heavy atom. The number of hydrogen-bond acceptors (Lipinski definition) is 4. The fourth-order valence-electron chi connectivity index (χ4n) is 7.74. The molecule has 0 aliphatic carbocycles. The van der Waals surface area contributed by atoms with Gasteiger partial charge in [0.05, 0.1) is 16.6 Å². The Morgan fingerprint density at radius 1 is 0.377 bits per heavy atom. The Balaban J connectivity index is 1.18. The quantitative estimate of drug-likeness (QED) is 0.180. The molecule has 4 aromatic heterocycles. The second-order valence-electron chi connectivity index (χ2n) is 13.3. The first kappa shape index (κ1) is 29.8. The molecule has 0 saturated carbocycles. The van der Waals surface area contributed by atoms with Gasteiger partial charge in [0, 0.05) is 70.6 Å². The number of benzene rings is 7. The highest BCUT2D eigenvalue weighted by Crippen LogP contribution is 2.43. The predicted octanol–water partition coefficient (Wildman–Crippen LogP) is 12.3. The van der Waals surface area contributed by atoms with Crippen molar-refractivity contribution in [1.29, 1.82) is 0 Å². The van der Waals surface area contributed by atoms with Gasteiger partial charge < -0.3 is 9.13 Å². The van der Waals surface area contributed by atoms with Crippen LogP contribution in [0.3, 0.4) is 0 Å². The molecule has 0 spiro atoms. The molecule has 5 nitrogen and oxygen atoms in total. The molecule has 0 saturated heterocycles. The fraction of sp³-hybridized carbons (Fsp3) is 0. The molecule has 11 rings (SSSR count). The molecule has 0 bridgehead atoms. The van der Waals surface area contributed by atoms with E-state index in [2.05, 4.69) is 125 Å². The Kier molecular flexibility index (Phi) is 6.66. The smallest absolute Gasteiger partial charge is 0.164 e. The summed E-state index contributed by atoms with van der Waals surface area (Å²) in [6, 6.07) is 59.8. The minimum atomic E-state index is 0.632. The summed E-state index contributed by atoms with van der Waals surface area (Å²) in [5.74, 6) is 1.92. The molecule has 11 aromatic rings. The van der Waals surface area contributed by atoms with Crippen molar-refractivity contribution >= 4 is 64.2 Å². The van der Waals surface area contributed by atoms with Gasteiger partial charge in [0.25, 0.3) is 0 Å². The third-order valence-corrected chi connectivity index (χ3v) is 11.3. The summed E-state index contributed by atoms with van der Waals surface area (Å²) < 4.78 is 7.29. The van der Waals surface area contributed by atoms with Gasteiger partial charge in [-0.2, -0.15) is 0 Å². The molecule has 4 heterocycles. The van der Waals surface area contributed by atoms with Crippen LogP contribution in [0.1, 0.15) is 0 Å². The lowest BCUT2D eigenvalue weighted by Gasteiger charge is -2.12. The van der Waals surface area contributed by atoms with E-state index in [-0.39, 0.29) is 0 Å². The molecule has 0 fully saturated rings. The largest absolute Gasteiger partial charge is 0.316 e. The Hall–Kier alpha value is -6.89. The minimum Gasteiger partial charge on any atom is -0.316 e. The molecule has 53 heavy (non-hydrogen) atoms. The van der Waals surface area contributed by atoms with Gasteiger partial charge in [-0.1, -0.05) is 115 Å². The molecule has 0 radical (unpaired) electrons. The summed E-state index contributed by atoms with van der Waals surface area (Å²) in [4.78, 5) is 15.1. The minimum absolute atomic E-state index is 0.632. The van der Waals surface area contributed by atoms with Gasteiger partial charge in [-0.05, 0) is 54.6 Å². The summed E-state index contributed by atoms with van der Waals surface area (Å²) in [7, 11) is 0. The lowest BCUT2D eigenvalue weighted by atomic mass is 10.1. The summed E-state index contributed by atoms with van der Waals surface area (Å²) in [5.41, 5.74) is 8.51. The third kappa shape index (κ3) is 4.80. The highest BCUT2D eigenvalue weighted by atomic mass is 32.1. The zero-order chi connectivity index (χ0) is 34.9.